The summed E-state index contributed by atoms with van der Waals surface area (Å²) in [6, 6.07) is 4.70. The minimum Gasteiger partial charge on any atom is -0.462 e. The first-order valence-electron chi connectivity index (χ1n) is 20.9. The van der Waals surface area contributed by atoms with Gasteiger partial charge in [0.1, 0.15) is 24.7 Å². The highest BCUT2D eigenvalue weighted by Crippen LogP contribution is 2.51. The zero-order chi connectivity index (χ0) is 47.5. The molecule has 348 valence electrons. The Hall–Kier alpha value is -4.78. The second-order valence-corrected chi connectivity index (χ2v) is 20.6. The number of halogens is 8. The van der Waals surface area contributed by atoms with Crippen molar-refractivity contribution in [3.8, 4) is 11.5 Å². The Morgan fingerprint density at radius 1 is 0.938 bits per heavy atom. The zero-order valence-electron chi connectivity index (χ0n) is 36.7. The average molecular weight is 929 g/mol. The van der Waals surface area contributed by atoms with Crippen molar-refractivity contribution < 1.29 is 67.2 Å². The lowest BCUT2D eigenvalue weighted by molar-refractivity contribution is -0.161. The molecule has 4 aliphatic heterocycles. The maximum atomic E-state index is 16.9. The van der Waals surface area contributed by atoms with E-state index in [9.17, 15) is 31.3 Å². The van der Waals surface area contributed by atoms with Crippen LogP contribution in [-0.2, 0) is 19.6 Å². The van der Waals surface area contributed by atoms with E-state index in [2.05, 4.69) is 0 Å². The number of benzene rings is 3. The molecular formula is C45H50F8N3O7S+. The molecule has 2 atom stereocenters. The van der Waals surface area contributed by atoms with Crippen LogP contribution in [0.1, 0.15) is 125 Å². The molecular weight excluding hydrogens is 879 g/mol. The number of esters is 1. The van der Waals surface area contributed by atoms with Crippen LogP contribution in [0.15, 0.2) is 24.3 Å². The van der Waals surface area contributed by atoms with Gasteiger partial charge in [0.25, 0.3) is 5.91 Å². The molecule has 3 aromatic rings. The summed E-state index contributed by atoms with van der Waals surface area (Å²) < 4.78 is 175. The highest BCUT2D eigenvalue weighted by molar-refractivity contribution is 7.86. The molecule has 0 spiro atoms. The van der Waals surface area contributed by atoms with Gasteiger partial charge in [-0.2, -0.15) is 17.2 Å². The summed E-state index contributed by atoms with van der Waals surface area (Å²) in [4.78, 5) is 30.1. The SMILES string of the molecule is CCC(C)(C)C(=O)OC1CCN(C(=O)c2c(F)c(F)c(F)c(F)c2C2=c3cc4c(cc3Oc3cc5c(cc32)C(C(F)F)CC(C)(C)N5C)=[N+](C)C(C)(C)CC4C(F)(F)S(=O)(=O)O)CC1. The molecule has 0 radical (unpaired) electrons. The van der Waals surface area contributed by atoms with Gasteiger partial charge in [0, 0.05) is 90.1 Å². The summed E-state index contributed by atoms with van der Waals surface area (Å²) in [7, 11) is -2.94. The Morgan fingerprint density at radius 3 is 2.12 bits per heavy atom. The third-order valence-corrected chi connectivity index (χ3v) is 14.9. The van der Waals surface area contributed by atoms with E-state index in [-0.39, 0.29) is 66.0 Å². The number of ether oxygens (including phenoxy) is 2. The fraction of sp³-hybridized carbons (Fsp3) is 0.533. The lowest BCUT2D eigenvalue weighted by atomic mass is 9.77. The van der Waals surface area contributed by atoms with Gasteiger partial charge in [-0.25, -0.2) is 30.9 Å². The first kappa shape index (κ1) is 47.2. The second kappa shape index (κ2) is 15.7. The van der Waals surface area contributed by atoms with Crippen molar-refractivity contribution in [1.29, 1.82) is 0 Å². The Bertz CT molecular complexity index is 2730. The minimum atomic E-state index is -6.10. The van der Waals surface area contributed by atoms with Crippen LogP contribution in [-0.4, -0.2) is 85.8 Å². The van der Waals surface area contributed by atoms with Crippen LogP contribution in [0, 0.1) is 28.7 Å². The van der Waals surface area contributed by atoms with Crippen molar-refractivity contribution >= 4 is 33.3 Å². The molecule has 4 aliphatic rings. The molecule has 4 heterocycles. The van der Waals surface area contributed by atoms with Gasteiger partial charge in [-0.05, 0) is 72.1 Å². The fourth-order valence-electron chi connectivity index (χ4n) is 9.17. The summed E-state index contributed by atoms with van der Waals surface area (Å²) >= 11 is 0. The van der Waals surface area contributed by atoms with E-state index in [0.29, 0.717) is 6.42 Å². The highest BCUT2D eigenvalue weighted by atomic mass is 32.2. The number of fused-ring (bicyclic) bond motifs is 4. The van der Waals surface area contributed by atoms with E-state index in [0.717, 1.165) is 11.0 Å². The first-order chi connectivity index (χ1) is 29.5. The first-order valence-corrected chi connectivity index (χ1v) is 22.3. The summed E-state index contributed by atoms with van der Waals surface area (Å²) in [5.74, 6) is -15.0. The summed E-state index contributed by atoms with van der Waals surface area (Å²) in [6.07, 6.45) is -3.84. The van der Waals surface area contributed by atoms with Crippen LogP contribution in [0.5, 0.6) is 11.5 Å². The molecule has 7 rings (SSSR count). The van der Waals surface area contributed by atoms with Crippen molar-refractivity contribution in [2.24, 2.45) is 5.41 Å². The number of amides is 1. The number of hydrogen-bond acceptors (Lipinski definition) is 7. The number of piperidine rings is 1. The average Bonchev–Trinajstić information content (AvgIpc) is 3.21. The van der Waals surface area contributed by atoms with Gasteiger partial charge in [-0.3, -0.25) is 14.1 Å². The van der Waals surface area contributed by atoms with Crippen molar-refractivity contribution in [3.05, 3.63) is 85.9 Å². The number of carbonyl (C=O) groups excluding carboxylic acids is 2. The monoisotopic (exact) mass is 928 g/mol. The number of rotatable bonds is 8. The molecule has 1 N–H and O–H groups in total. The number of alkyl halides is 4. The molecule has 19 heteroatoms. The molecule has 0 bridgehead atoms. The lowest BCUT2D eigenvalue weighted by Gasteiger charge is -2.46. The largest absolute Gasteiger partial charge is 0.462 e. The van der Waals surface area contributed by atoms with Gasteiger partial charge in [0.05, 0.1) is 23.0 Å². The van der Waals surface area contributed by atoms with Gasteiger partial charge in [-0.1, -0.05) is 6.92 Å². The van der Waals surface area contributed by atoms with Gasteiger partial charge in [0.2, 0.25) is 11.8 Å². The van der Waals surface area contributed by atoms with Crippen molar-refractivity contribution in [2.45, 2.75) is 121 Å². The highest BCUT2D eigenvalue weighted by Gasteiger charge is 2.58. The number of nitrogens with zero attached hydrogens (tertiary/aromatic N) is 3. The smallest absolute Gasteiger partial charge is 0.377 e. The molecule has 3 aromatic carbocycles. The molecule has 64 heavy (non-hydrogen) atoms. The molecule has 1 saturated heterocycles. The Kier molecular flexibility index (Phi) is 11.6. The van der Waals surface area contributed by atoms with Crippen molar-refractivity contribution in [2.75, 3.05) is 32.1 Å². The summed E-state index contributed by atoms with van der Waals surface area (Å²) in [5, 5.41) is -5.31. The quantitative estimate of drug-likeness (QED) is 0.0472. The van der Waals surface area contributed by atoms with Crippen LogP contribution in [0.4, 0.5) is 40.8 Å². The van der Waals surface area contributed by atoms with Crippen molar-refractivity contribution in [1.82, 2.24) is 9.48 Å². The minimum absolute atomic E-state index is 0.0189. The predicted molar refractivity (Wildman–Crippen MR) is 220 cm³/mol. The third-order valence-electron chi connectivity index (χ3n) is 14.0. The molecule has 10 nitrogen and oxygen atoms in total. The van der Waals surface area contributed by atoms with Crippen LogP contribution in [0.25, 0.3) is 5.57 Å². The van der Waals surface area contributed by atoms with E-state index in [1.807, 2.05) is 0 Å². The van der Waals surface area contributed by atoms with Gasteiger partial charge < -0.3 is 19.3 Å². The van der Waals surface area contributed by atoms with E-state index in [1.165, 1.54) is 43.7 Å². The van der Waals surface area contributed by atoms with Gasteiger partial charge in [-0.15, -0.1) is 0 Å². The number of anilines is 1. The molecule has 0 aromatic heterocycles. The van der Waals surface area contributed by atoms with Crippen LogP contribution in [0.2, 0.25) is 0 Å². The fourth-order valence-corrected chi connectivity index (χ4v) is 9.74. The predicted octanol–water partition coefficient (Wildman–Crippen LogP) is 8.01. The van der Waals surface area contributed by atoms with Crippen molar-refractivity contribution in [3.63, 3.8) is 0 Å². The zero-order valence-corrected chi connectivity index (χ0v) is 37.6. The second-order valence-electron chi connectivity index (χ2n) is 19.1. The summed E-state index contributed by atoms with van der Waals surface area (Å²) in [6.45, 7) is 11.3. The number of hydrogen-bond donors (Lipinski definition) is 1. The molecule has 1 amide bonds. The van der Waals surface area contributed by atoms with E-state index < -0.39 is 125 Å². The van der Waals surface area contributed by atoms with E-state index >= 15 is 26.3 Å². The van der Waals surface area contributed by atoms with Gasteiger partial charge in [0.15, 0.2) is 28.8 Å². The molecule has 0 aliphatic carbocycles. The van der Waals surface area contributed by atoms with Crippen LogP contribution < -0.4 is 24.8 Å². The topological polar surface area (TPSA) is 116 Å². The molecule has 1 fully saturated rings. The van der Waals surface area contributed by atoms with E-state index in [1.54, 1.807) is 46.6 Å². The Morgan fingerprint density at radius 2 is 1.55 bits per heavy atom. The normalized spacial score (nSPS) is 20.9. The standard InChI is InChI=1S/C45H49F8N3O7S/c1-10-42(2,3)41(58)62-21-11-13-56(14-12-21)40(57)34-33(35(46)37(48)38(49)36(34)47)32-24-15-22-26(39(50)51)19-43(4,5)54(8)28(22)17-30(24)63-31-18-29-23(16-25(31)32)27(20-44(6,7)55(29)9)45(52,53)64(59,60)61/h15-18,21,26-27,39H,10-14,19-20H2,1-9H3/p+1. The third kappa shape index (κ3) is 7.51. The number of carbonyl (C=O) groups is 2. The van der Waals surface area contributed by atoms with Crippen LogP contribution in [0.3, 0.4) is 0 Å². The van der Waals surface area contributed by atoms with Crippen LogP contribution >= 0.6 is 0 Å². The molecule has 0 saturated carbocycles. The Balaban J connectivity index is 1.55. The lowest BCUT2D eigenvalue weighted by Crippen LogP contribution is -2.55. The van der Waals surface area contributed by atoms with Gasteiger partial charge >= 0.3 is 21.3 Å². The Labute approximate surface area is 365 Å². The maximum Gasteiger partial charge on any atom is 0.377 e. The molecule has 2 unspecified atom stereocenters. The summed E-state index contributed by atoms with van der Waals surface area (Å²) in [5.41, 5.74) is -6.56. The maximum absolute atomic E-state index is 16.9. The number of likely N-dealkylation sites (tertiary alicyclic amines) is 1. The van der Waals surface area contributed by atoms with E-state index in [4.69, 9.17) is 9.47 Å².